The number of piperidine rings is 1. The van der Waals surface area contributed by atoms with Gasteiger partial charge in [-0.05, 0) is 32.2 Å². The average Bonchev–Trinajstić information content (AvgIpc) is 2.70. The SMILES string of the molecule is O=CC1CCNC2(CC2)C1. The number of hydrogen-bond acceptors (Lipinski definition) is 2. The monoisotopic (exact) mass is 139 g/mol. The van der Waals surface area contributed by atoms with Crippen molar-refractivity contribution in [1.29, 1.82) is 0 Å². The van der Waals surface area contributed by atoms with Crippen molar-refractivity contribution >= 4 is 6.29 Å². The van der Waals surface area contributed by atoms with Crippen LogP contribution in [0.1, 0.15) is 25.7 Å². The second-order valence-electron chi connectivity index (χ2n) is 3.60. The van der Waals surface area contributed by atoms with Crippen molar-refractivity contribution in [3.05, 3.63) is 0 Å². The van der Waals surface area contributed by atoms with Crippen LogP contribution in [-0.4, -0.2) is 18.4 Å². The molecular formula is C8H13NO. The summed E-state index contributed by atoms with van der Waals surface area (Å²) in [5.41, 5.74) is 0.420. The first-order valence-electron chi connectivity index (χ1n) is 4.05. The molecule has 56 valence electrons. The molecule has 1 unspecified atom stereocenters. The molecule has 2 heteroatoms. The van der Waals surface area contributed by atoms with Crippen molar-refractivity contribution in [2.45, 2.75) is 31.2 Å². The maximum atomic E-state index is 10.4. The summed E-state index contributed by atoms with van der Waals surface area (Å²) < 4.78 is 0. The van der Waals surface area contributed by atoms with Gasteiger partial charge in [-0.25, -0.2) is 0 Å². The third kappa shape index (κ3) is 0.966. The quantitative estimate of drug-likeness (QED) is 0.542. The minimum atomic E-state index is 0.351. The van der Waals surface area contributed by atoms with E-state index in [1.165, 1.54) is 12.8 Å². The van der Waals surface area contributed by atoms with Crippen LogP contribution in [0.4, 0.5) is 0 Å². The zero-order valence-electron chi connectivity index (χ0n) is 6.10. The molecule has 1 aliphatic carbocycles. The number of hydrogen-bond donors (Lipinski definition) is 1. The molecule has 2 rings (SSSR count). The average molecular weight is 139 g/mol. The van der Waals surface area contributed by atoms with E-state index in [0.29, 0.717) is 11.5 Å². The van der Waals surface area contributed by atoms with Crippen LogP contribution in [0.15, 0.2) is 0 Å². The largest absolute Gasteiger partial charge is 0.311 e. The molecule has 2 nitrogen and oxygen atoms in total. The lowest BCUT2D eigenvalue weighted by Crippen LogP contribution is -2.40. The highest BCUT2D eigenvalue weighted by atomic mass is 16.1. The van der Waals surface area contributed by atoms with Crippen molar-refractivity contribution in [2.75, 3.05) is 6.54 Å². The summed E-state index contributed by atoms with van der Waals surface area (Å²) in [6.45, 7) is 1.05. The van der Waals surface area contributed by atoms with Gasteiger partial charge < -0.3 is 10.1 Å². The molecule has 1 saturated heterocycles. The lowest BCUT2D eigenvalue weighted by Gasteiger charge is -2.26. The van der Waals surface area contributed by atoms with E-state index in [2.05, 4.69) is 5.32 Å². The molecule has 0 amide bonds. The van der Waals surface area contributed by atoms with E-state index < -0.39 is 0 Å². The fourth-order valence-electron chi connectivity index (χ4n) is 1.85. The van der Waals surface area contributed by atoms with Crippen LogP contribution in [0.25, 0.3) is 0 Å². The Kier molecular flexibility index (Phi) is 1.31. The maximum absolute atomic E-state index is 10.4. The van der Waals surface area contributed by atoms with Crippen molar-refractivity contribution < 1.29 is 4.79 Å². The Morgan fingerprint density at radius 3 is 2.90 bits per heavy atom. The van der Waals surface area contributed by atoms with Crippen molar-refractivity contribution in [3.8, 4) is 0 Å². The van der Waals surface area contributed by atoms with E-state index in [-0.39, 0.29) is 0 Å². The molecule has 2 fully saturated rings. The van der Waals surface area contributed by atoms with Crippen LogP contribution < -0.4 is 5.32 Å². The maximum Gasteiger partial charge on any atom is 0.123 e. The van der Waals surface area contributed by atoms with E-state index in [9.17, 15) is 4.79 Å². The van der Waals surface area contributed by atoms with E-state index in [1.54, 1.807) is 0 Å². The third-order valence-corrected chi connectivity index (χ3v) is 2.71. The Bertz CT molecular complexity index is 151. The Labute approximate surface area is 61.0 Å². The molecule has 1 atom stereocenters. The summed E-state index contributed by atoms with van der Waals surface area (Å²) in [6.07, 6.45) is 5.84. The normalized spacial score (nSPS) is 35.8. The molecule has 0 bridgehead atoms. The summed E-state index contributed by atoms with van der Waals surface area (Å²) >= 11 is 0. The molecule has 1 aliphatic heterocycles. The predicted molar refractivity (Wildman–Crippen MR) is 38.8 cm³/mol. The summed E-state index contributed by atoms with van der Waals surface area (Å²) in [7, 11) is 0. The topological polar surface area (TPSA) is 29.1 Å². The van der Waals surface area contributed by atoms with Gasteiger partial charge >= 0.3 is 0 Å². The van der Waals surface area contributed by atoms with Crippen LogP contribution in [0.3, 0.4) is 0 Å². The van der Waals surface area contributed by atoms with Gasteiger partial charge in [0.2, 0.25) is 0 Å². The molecule has 1 spiro atoms. The second kappa shape index (κ2) is 2.06. The van der Waals surface area contributed by atoms with Gasteiger partial charge in [-0.3, -0.25) is 0 Å². The first-order valence-corrected chi connectivity index (χ1v) is 4.05. The molecule has 1 N–H and O–H groups in total. The van der Waals surface area contributed by atoms with Crippen molar-refractivity contribution in [3.63, 3.8) is 0 Å². The molecule has 0 aromatic rings. The Hall–Kier alpha value is -0.370. The second-order valence-corrected chi connectivity index (χ2v) is 3.60. The molecular weight excluding hydrogens is 126 g/mol. The minimum Gasteiger partial charge on any atom is -0.311 e. The molecule has 0 radical (unpaired) electrons. The highest BCUT2D eigenvalue weighted by molar-refractivity contribution is 5.54. The van der Waals surface area contributed by atoms with Gasteiger partial charge in [0.15, 0.2) is 0 Å². The fourth-order valence-corrected chi connectivity index (χ4v) is 1.85. The van der Waals surface area contributed by atoms with Gasteiger partial charge in [-0.2, -0.15) is 0 Å². The van der Waals surface area contributed by atoms with Crippen LogP contribution in [0.5, 0.6) is 0 Å². The van der Waals surface area contributed by atoms with Gasteiger partial charge in [0, 0.05) is 11.5 Å². The minimum absolute atomic E-state index is 0.351. The smallest absolute Gasteiger partial charge is 0.123 e. The number of carbonyl (C=O) groups excluding carboxylic acids is 1. The number of nitrogens with one attached hydrogen (secondary N) is 1. The predicted octanol–water partition coefficient (Wildman–Crippen LogP) is 0.718. The molecule has 0 aromatic carbocycles. The summed E-state index contributed by atoms with van der Waals surface area (Å²) in [5, 5.41) is 3.47. The highest BCUT2D eigenvalue weighted by Gasteiger charge is 2.45. The van der Waals surface area contributed by atoms with Crippen molar-refractivity contribution in [1.82, 2.24) is 5.32 Å². The van der Waals surface area contributed by atoms with Crippen LogP contribution >= 0.6 is 0 Å². The van der Waals surface area contributed by atoms with Crippen LogP contribution in [0.2, 0.25) is 0 Å². The standard InChI is InChI=1S/C8H13NO/c10-6-7-1-4-9-8(5-7)2-3-8/h6-7,9H,1-5H2. The molecule has 2 aliphatic rings. The summed E-state index contributed by atoms with van der Waals surface area (Å²) in [6, 6.07) is 0. The summed E-state index contributed by atoms with van der Waals surface area (Å²) in [5.74, 6) is 0.351. The van der Waals surface area contributed by atoms with Gasteiger partial charge in [0.25, 0.3) is 0 Å². The van der Waals surface area contributed by atoms with Gasteiger partial charge in [-0.1, -0.05) is 0 Å². The number of rotatable bonds is 1. The van der Waals surface area contributed by atoms with E-state index in [1.807, 2.05) is 0 Å². The van der Waals surface area contributed by atoms with E-state index in [4.69, 9.17) is 0 Å². The van der Waals surface area contributed by atoms with Crippen LogP contribution in [0, 0.1) is 5.92 Å². The lowest BCUT2D eigenvalue weighted by molar-refractivity contribution is -0.112. The number of carbonyl (C=O) groups is 1. The molecule has 0 aromatic heterocycles. The zero-order chi connectivity index (χ0) is 7.03. The Balaban J connectivity index is 1.97. The molecule has 1 heterocycles. The first-order chi connectivity index (χ1) is 4.85. The highest BCUT2D eigenvalue weighted by Crippen LogP contribution is 2.43. The zero-order valence-corrected chi connectivity index (χ0v) is 6.10. The van der Waals surface area contributed by atoms with Gasteiger partial charge in [0.1, 0.15) is 6.29 Å². The molecule has 10 heavy (non-hydrogen) atoms. The van der Waals surface area contributed by atoms with Crippen LogP contribution in [-0.2, 0) is 4.79 Å². The van der Waals surface area contributed by atoms with Crippen molar-refractivity contribution in [2.24, 2.45) is 5.92 Å². The summed E-state index contributed by atoms with van der Waals surface area (Å²) in [4.78, 5) is 10.4. The van der Waals surface area contributed by atoms with E-state index in [0.717, 1.165) is 25.7 Å². The van der Waals surface area contributed by atoms with E-state index >= 15 is 0 Å². The van der Waals surface area contributed by atoms with Gasteiger partial charge in [0.05, 0.1) is 0 Å². The Morgan fingerprint density at radius 1 is 1.50 bits per heavy atom. The Morgan fingerprint density at radius 2 is 2.30 bits per heavy atom. The first kappa shape index (κ1) is 6.35. The number of aldehydes is 1. The fraction of sp³-hybridized carbons (Fsp3) is 0.875. The third-order valence-electron chi connectivity index (χ3n) is 2.71. The molecule has 1 saturated carbocycles. The van der Waals surface area contributed by atoms with Gasteiger partial charge in [-0.15, -0.1) is 0 Å². The lowest BCUT2D eigenvalue weighted by atomic mass is 9.92.